The molecule has 2 amide bonds. The largest absolute Gasteiger partial charge is 0.494 e. The number of benzene rings is 1. The van der Waals surface area contributed by atoms with Crippen molar-refractivity contribution in [2.24, 2.45) is 0 Å². The summed E-state index contributed by atoms with van der Waals surface area (Å²) in [6.07, 6.45) is 5.48. The molecule has 1 aliphatic rings. The van der Waals surface area contributed by atoms with Crippen molar-refractivity contribution in [3.8, 4) is 11.8 Å². The fraction of sp³-hybridized carbons (Fsp3) is 0.357. The number of carbonyl (C=O) groups excluding carboxylic acids is 2. The first kappa shape index (κ1) is 25.4. The number of hydrogen-bond donors (Lipinski definition) is 1. The Morgan fingerprint density at radius 2 is 2.08 bits per heavy atom. The zero-order valence-electron chi connectivity index (χ0n) is 20.6. The zero-order chi connectivity index (χ0) is 25.5. The number of hydrogen-bond acceptors (Lipinski definition) is 6. The first-order chi connectivity index (χ1) is 17.5. The van der Waals surface area contributed by atoms with Gasteiger partial charge in [-0.05, 0) is 66.6 Å². The van der Waals surface area contributed by atoms with E-state index in [1.54, 1.807) is 12.4 Å². The summed E-state index contributed by atoms with van der Waals surface area (Å²) in [7, 11) is 0. The van der Waals surface area contributed by atoms with Crippen molar-refractivity contribution < 1.29 is 14.3 Å². The summed E-state index contributed by atoms with van der Waals surface area (Å²) in [5.74, 6) is 0.752. The predicted octanol–water partition coefficient (Wildman–Crippen LogP) is 5.06. The average molecular weight is 503 g/mol. The molecular weight excluding hydrogens is 472 g/mol. The van der Waals surface area contributed by atoms with Crippen LogP contribution in [0.3, 0.4) is 0 Å². The van der Waals surface area contributed by atoms with Gasteiger partial charge >= 0.3 is 0 Å². The lowest BCUT2D eigenvalue weighted by atomic mass is 9.97. The van der Waals surface area contributed by atoms with E-state index >= 15 is 0 Å². The monoisotopic (exact) mass is 502 g/mol. The summed E-state index contributed by atoms with van der Waals surface area (Å²) >= 11 is 1.41. The molecule has 0 aliphatic carbocycles. The molecule has 3 aromatic rings. The molecule has 0 saturated heterocycles. The Morgan fingerprint density at radius 3 is 2.83 bits per heavy atom. The molecule has 0 fully saturated rings. The van der Waals surface area contributed by atoms with E-state index in [1.165, 1.54) is 11.3 Å². The molecule has 0 spiro atoms. The van der Waals surface area contributed by atoms with Crippen molar-refractivity contribution in [3.63, 3.8) is 0 Å². The molecule has 1 aliphatic heterocycles. The van der Waals surface area contributed by atoms with Crippen molar-refractivity contribution >= 4 is 28.2 Å². The lowest BCUT2D eigenvalue weighted by molar-refractivity contribution is -0.132. The Labute approximate surface area is 215 Å². The van der Waals surface area contributed by atoms with Crippen LogP contribution in [0.5, 0.6) is 5.75 Å². The second-order valence-electron chi connectivity index (χ2n) is 8.90. The normalized spacial score (nSPS) is 13.4. The highest BCUT2D eigenvalue weighted by molar-refractivity contribution is 7.16. The number of aromatic nitrogens is 1. The van der Waals surface area contributed by atoms with Crippen molar-refractivity contribution in [1.29, 1.82) is 5.26 Å². The van der Waals surface area contributed by atoms with Gasteiger partial charge in [-0.1, -0.05) is 19.1 Å². The van der Waals surface area contributed by atoms with Gasteiger partial charge in [0.2, 0.25) is 11.8 Å². The molecule has 1 atom stereocenters. The number of nitriles is 1. The third-order valence-electron chi connectivity index (χ3n) is 6.38. The van der Waals surface area contributed by atoms with Crippen LogP contribution in [0.1, 0.15) is 59.7 Å². The minimum absolute atomic E-state index is 0.000891. The fourth-order valence-electron chi connectivity index (χ4n) is 4.43. The highest BCUT2D eigenvalue weighted by Gasteiger charge is 2.27. The van der Waals surface area contributed by atoms with E-state index in [-0.39, 0.29) is 17.7 Å². The van der Waals surface area contributed by atoms with Crippen LogP contribution >= 0.6 is 11.3 Å². The molecular formula is C28H30N4O3S. The highest BCUT2D eigenvalue weighted by atomic mass is 32.1. The molecule has 1 N–H and O–H groups in total. The molecule has 0 unspecified atom stereocenters. The third-order valence-corrected chi connectivity index (χ3v) is 7.51. The predicted molar refractivity (Wildman–Crippen MR) is 140 cm³/mol. The highest BCUT2D eigenvalue weighted by Crippen LogP contribution is 2.37. The van der Waals surface area contributed by atoms with Gasteiger partial charge in [-0.2, -0.15) is 5.26 Å². The van der Waals surface area contributed by atoms with E-state index in [4.69, 9.17) is 4.74 Å². The van der Waals surface area contributed by atoms with Gasteiger partial charge in [0.1, 0.15) is 16.8 Å². The number of fused-ring (bicyclic) bond motifs is 1. The van der Waals surface area contributed by atoms with Crippen molar-refractivity contribution in [1.82, 2.24) is 9.88 Å². The van der Waals surface area contributed by atoms with Gasteiger partial charge in [-0.25, -0.2) is 0 Å². The van der Waals surface area contributed by atoms with Crippen LogP contribution in [0, 0.1) is 11.3 Å². The summed E-state index contributed by atoms with van der Waals surface area (Å²) in [5.41, 5.74) is 3.59. The lowest BCUT2D eigenvalue weighted by Crippen LogP contribution is -2.35. The smallest absolute Gasteiger partial charge is 0.225 e. The number of amides is 2. The van der Waals surface area contributed by atoms with E-state index in [0.29, 0.717) is 55.9 Å². The van der Waals surface area contributed by atoms with Gasteiger partial charge in [0.15, 0.2) is 0 Å². The van der Waals surface area contributed by atoms with E-state index < -0.39 is 0 Å². The molecule has 3 heterocycles. The number of aryl methyl sites for hydroxylation is 1. The molecule has 7 nitrogen and oxygen atoms in total. The van der Waals surface area contributed by atoms with Gasteiger partial charge < -0.3 is 15.0 Å². The molecule has 0 saturated carbocycles. The number of rotatable bonds is 9. The Hall–Kier alpha value is -3.70. The van der Waals surface area contributed by atoms with Crippen LogP contribution in [-0.4, -0.2) is 34.8 Å². The summed E-state index contributed by atoms with van der Waals surface area (Å²) in [6, 6.07) is 13.9. The zero-order valence-corrected chi connectivity index (χ0v) is 21.4. The van der Waals surface area contributed by atoms with E-state index in [0.717, 1.165) is 27.3 Å². The number of nitrogens with one attached hydrogen (secondary N) is 1. The minimum Gasteiger partial charge on any atom is -0.494 e. The van der Waals surface area contributed by atoms with Crippen LogP contribution in [0.25, 0.3) is 0 Å². The van der Waals surface area contributed by atoms with Crippen LogP contribution < -0.4 is 10.1 Å². The number of pyridine rings is 1. The van der Waals surface area contributed by atoms with Gasteiger partial charge in [0.05, 0.1) is 18.7 Å². The lowest BCUT2D eigenvalue weighted by Gasteiger charge is -2.27. The third kappa shape index (κ3) is 6.10. The number of anilines is 1. The maximum atomic E-state index is 12.9. The number of ether oxygens (including phenoxy) is 1. The van der Waals surface area contributed by atoms with Crippen LogP contribution in [0.2, 0.25) is 0 Å². The minimum atomic E-state index is -0.135. The van der Waals surface area contributed by atoms with E-state index in [1.807, 2.05) is 55.1 Å². The number of nitrogens with zero attached hydrogens (tertiary/aromatic N) is 3. The fourth-order valence-corrected chi connectivity index (χ4v) is 5.66. The summed E-state index contributed by atoms with van der Waals surface area (Å²) < 4.78 is 5.57. The van der Waals surface area contributed by atoms with Gasteiger partial charge in [0.25, 0.3) is 0 Å². The molecule has 36 heavy (non-hydrogen) atoms. The SMILES string of the molecule is CCOc1cccc([C@@H](C)CC(=O)Nc2sc3c(c2C#N)CCN(C(=O)CCc2ccncc2)C3)c1. The quantitative estimate of drug-likeness (QED) is 0.441. The topological polar surface area (TPSA) is 95.3 Å². The van der Waals surface area contributed by atoms with E-state index in [9.17, 15) is 14.9 Å². The van der Waals surface area contributed by atoms with Crippen LogP contribution in [-0.2, 0) is 29.0 Å². The Kier molecular flexibility index (Phi) is 8.34. The summed E-state index contributed by atoms with van der Waals surface area (Å²) in [5, 5.41) is 13.4. The van der Waals surface area contributed by atoms with Crippen molar-refractivity contribution in [3.05, 3.63) is 75.9 Å². The average Bonchev–Trinajstić information content (AvgIpc) is 3.24. The first-order valence-electron chi connectivity index (χ1n) is 12.2. The van der Waals surface area contributed by atoms with Gasteiger partial charge in [-0.3, -0.25) is 14.6 Å². The second-order valence-corrected chi connectivity index (χ2v) is 10.0. The molecule has 8 heteroatoms. The summed E-state index contributed by atoms with van der Waals surface area (Å²) in [4.78, 5) is 32.5. The Morgan fingerprint density at radius 1 is 1.28 bits per heavy atom. The molecule has 2 aromatic heterocycles. The molecule has 0 bridgehead atoms. The molecule has 186 valence electrons. The standard InChI is InChI=1S/C28H30N4O3S/c1-3-35-22-6-4-5-21(16-22)19(2)15-26(33)31-28-24(17-29)23-11-14-32(18-25(23)36-28)27(34)8-7-20-9-12-30-13-10-20/h4-6,9-10,12-13,16,19H,3,7-8,11,14-15,18H2,1-2H3,(H,31,33)/t19-/m0/s1. The number of carbonyl (C=O) groups is 2. The summed E-state index contributed by atoms with van der Waals surface area (Å²) in [6.45, 7) is 5.58. The maximum Gasteiger partial charge on any atom is 0.225 e. The van der Waals surface area contributed by atoms with Crippen LogP contribution in [0.15, 0.2) is 48.8 Å². The van der Waals surface area contributed by atoms with Crippen LogP contribution in [0.4, 0.5) is 5.00 Å². The first-order valence-corrected chi connectivity index (χ1v) is 13.0. The van der Waals surface area contributed by atoms with Gasteiger partial charge in [0, 0.05) is 36.7 Å². The van der Waals surface area contributed by atoms with Gasteiger partial charge in [-0.15, -0.1) is 11.3 Å². The Balaban J connectivity index is 1.38. The number of thiophene rings is 1. The molecule has 4 rings (SSSR count). The van der Waals surface area contributed by atoms with Crippen molar-refractivity contribution in [2.75, 3.05) is 18.5 Å². The van der Waals surface area contributed by atoms with E-state index in [2.05, 4.69) is 16.4 Å². The Bertz CT molecular complexity index is 1270. The second kappa shape index (κ2) is 11.8. The molecule has 1 aromatic carbocycles. The maximum absolute atomic E-state index is 12.9. The van der Waals surface area contributed by atoms with Crippen molar-refractivity contribution in [2.45, 2.75) is 52.0 Å². The molecule has 0 radical (unpaired) electrons.